The number of hydrogen-bond donors (Lipinski definition) is 1. The molecular weight excluding hydrogens is 276 g/mol. The number of nitrogens with zero attached hydrogens (tertiary/aromatic N) is 3. The molecule has 2 amide bonds. The number of amides is 2. The highest BCUT2D eigenvalue weighted by molar-refractivity contribution is 5.91. The minimum atomic E-state index is 0.0182. The molecule has 0 aromatic heterocycles. The first kappa shape index (κ1) is 16.8. The number of rotatable bonds is 4. The molecule has 1 fully saturated rings. The topological polar surface area (TPSA) is 38.8 Å². The molecule has 1 heterocycles. The summed E-state index contributed by atoms with van der Waals surface area (Å²) in [6.07, 6.45) is 0. The highest BCUT2D eigenvalue weighted by Crippen LogP contribution is 2.20. The van der Waals surface area contributed by atoms with E-state index in [1.165, 1.54) is 0 Å². The van der Waals surface area contributed by atoms with Gasteiger partial charge in [0, 0.05) is 45.0 Å². The molecular formula is C17H28N4O. The van der Waals surface area contributed by atoms with Gasteiger partial charge in [-0.05, 0) is 39.1 Å². The Morgan fingerprint density at radius 1 is 1.14 bits per heavy atom. The van der Waals surface area contributed by atoms with E-state index in [1.54, 1.807) is 0 Å². The summed E-state index contributed by atoms with van der Waals surface area (Å²) in [6.45, 7) is 9.69. The summed E-state index contributed by atoms with van der Waals surface area (Å²) < 4.78 is 0. The van der Waals surface area contributed by atoms with Crippen LogP contribution in [0.5, 0.6) is 0 Å². The van der Waals surface area contributed by atoms with Crippen molar-refractivity contribution in [3.63, 3.8) is 0 Å². The Kier molecular flexibility index (Phi) is 5.80. The van der Waals surface area contributed by atoms with Crippen LogP contribution in [0.15, 0.2) is 18.2 Å². The number of anilines is 1. The Bertz CT molecular complexity index is 487. The molecule has 1 aromatic rings. The standard InChI is InChI=1S/C17H28N4O/c1-14-6-5-7-15(2)16(14)18-17(22)21-12-10-20(11-13-21)9-8-19(3)4/h5-7H,8-13H2,1-4H3,(H,18,22). The molecule has 1 aliphatic rings. The van der Waals surface area contributed by atoms with Crippen LogP contribution in [0.2, 0.25) is 0 Å². The van der Waals surface area contributed by atoms with Gasteiger partial charge in [0.05, 0.1) is 0 Å². The first-order valence-corrected chi connectivity index (χ1v) is 7.96. The Morgan fingerprint density at radius 3 is 2.27 bits per heavy atom. The Morgan fingerprint density at radius 2 is 1.73 bits per heavy atom. The molecule has 122 valence electrons. The second-order valence-electron chi connectivity index (χ2n) is 6.33. The summed E-state index contributed by atoms with van der Waals surface area (Å²) in [7, 11) is 4.18. The lowest BCUT2D eigenvalue weighted by atomic mass is 10.1. The highest BCUT2D eigenvalue weighted by Gasteiger charge is 2.21. The van der Waals surface area contributed by atoms with E-state index in [0.717, 1.165) is 56.1 Å². The van der Waals surface area contributed by atoms with E-state index in [9.17, 15) is 4.79 Å². The molecule has 0 aliphatic carbocycles. The minimum absolute atomic E-state index is 0.0182. The normalized spacial score (nSPS) is 16.1. The average molecular weight is 304 g/mol. The number of benzene rings is 1. The van der Waals surface area contributed by atoms with Crippen molar-refractivity contribution in [2.45, 2.75) is 13.8 Å². The molecule has 5 nitrogen and oxygen atoms in total. The lowest BCUT2D eigenvalue weighted by Crippen LogP contribution is -2.51. The monoisotopic (exact) mass is 304 g/mol. The molecule has 2 rings (SSSR count). The van der Waals surface area contributed by atoms with Crippen LogP contribution in [-0.2, 0) is 0 Å². The highest BCUT2D eigenvalue weighted by atomic mass is 16.2. The number of piperazine rings is 1. The van der Waals surface area contributed by atoms with Crippen LogP contribution in [0.25, 0.3) is 0 Å². The minimum Gasteiger partial charge on any atom is -0.322 e. The lowest BCUT2D eigenvalue weighted by Gasteiger charge is -2.35. The van der Waals surface area contributed by atoms with Crippen LogP contribution in [0.3, 0.4) is 0 Å². The van der Waals surface area contributed by atoms with Crippen molar-refractivity contribution in [3.05, 3.63) is 29.3 Å². The van der Waals surface area contributed by atoms with Crippen molar-refractivity contribution >= 4 is 11.7 Å². The second kappa shape index (κ2) is 7.61. The number of aryl methyl sites for hydroxylation is 2. The van der Waals surface area contributed by atoms with Crippen LogP contribution in [0.4, 0.5) is 10.5 Å². The van der Waals surface area contributed by atoms with Crippen molar-refractivity contribution in [1.82, 2.24) is 14.7 Å². The van der Waals surface area contributed by atoms with Crippen molar-refractivity contribution in [2.75, 3.05) is 58.7 Å². The number of para-hydroxylation sites is 1. The van der Waals surface area contributed by atoms with Crippen molar-refractivity contribution in [2.24, 2.45) is 0 Å². The second-order valence-corrected chi connectivity index (χ2v) is 6.33. The zero-order valence-corrected chi connectivity index (χ0v) is 14.2. The van der Waals surface area contributed by atoms with Crippen LogP contribution in [-0.4, -0.2) is 74.1 Å². The lowest BCUT2D eigenvalue weighted by molar-refractivity contribution is 0.140. The quantitative estimate of drug-likeness (QED) is 0.925. The summed E-state index contributed by atoms with van der Waals surface area (Å²) >= 11 is 0. The van der Waals surface area contributed by atoms with Crippen LogP contribution >= 0.6 is 0 Å². The number of carbonyl (C=O) groups is 1. The van der Waals surface area contributed by atoms with Gasteiger partial charge in [-0.15, -0.1) is 0 Å². The van der Waals surface area contributed by atoms with Gasteiger partial charge in [-0.25, -0.2) is 4.79 Å². The van der Waals surface area contributed by atoms with Crippen molar-refractivity contribution in [1.29, 1.82) is 0 Å². The Labute approximate surface area is 133 Å². The summed E-state index contributed by atoms with van der Waals surface area (Å²) in [5.74, 6) is 0. The van der Waals surface area contributed by atoms with E-state index in [2.05, 4.69) is 29.2 Å². The molecule has 1 saturated heterocycles. The molecule has 0 unspecified atom stereocenters. The molecule has 0 atom stereocenters. The zero-order chi connectivity index (χ0) is 16.1. The third-order valence-corrected chi connectivity index (χ3v) is 4.24. The van der Waals surface area contributed by atoms with E-state index in [4.69, 9.17) is 0 Å². The van der Waals surface area contributed by atoms with Crippen molar-refractivity contribution in [3.8, 4) is 0 Å². The molecule has 1 N–H and O–H groups in total. The molecule has 0 spiro atoms. The molecule has 22 heavy (non-hydrogen) atoms. The number of nitrogens with one attached hydrogen (secondary N) is 1. The van der Waals surface area contributed by atoms with E-state index in [-0.39, 0.29) is 6.03 Å². The fraction of sp³-hybridized carbons (Fsp3) is 0.588. The third kappa shape index (κ3) is 4.45. The SMILES string of the molecule is Cc1cccc(C)c1NC(=O)N1CCN(CCN(C)C)CC1. The third-order valence-electron chi connectivity index (χ3n) is 4.24. The maximum absolute atomic E-state index is 12.4. The predicted octanol–water partition coefficient (Wildman–Crippen LogP) is 2.01. The number of hydrogen-bond acceptors (Lipinski definition) is 3. The maximum atomic E-state index is 12.4. The molecule has 0 saturated carbocycles. The number of carbonyl (C=O) groups excluding carboxylic acids is 1. The molecule has 1 aromatic carbocycles. The Hall–Kier alpha value is -1.59. The molecule has 0 radical (unpaired) electrons. The van der Waals surface area contributed by atoms with E-state index >= 15 is 0 Å². The average Bonchev–Trinajstić information content (AvgIpc) is 2.49. The first-order valence-electron chi connectivity index (χ1n) is 7.96. The van der Waals surface area contributed by atoms with Crippen LogP contribution < -0.4 is 5.32 Å². The fourth-order valence-corrected chi connectivity index (χ4v) is 2.71. The number of urea groups is 1. The molecule has 1 aliphatic heterocycles. The Balaban J connectivity index is 1.85. The summed E-state index contributed by atoms with van der Waals surface area (Å²) in [4.78, 5) is 19.0. The van der Waals surface area contributed by atoms with Gasteiger partial charge in [0.25, 0.3) is 0 Å². The first-order chi connectivity index (χ1) is 10.5. The van der Waals surface area contributed by atoms with E-state index < -0.39 is 0 Å². The summed E-state index contributed by atoms with van der Waals surface area (Å²) in [5, 5.41) is 3.07. The largest absolute Gasteiger partial charge is 0.322 e. The van der Waals surface area contributed by atoms with Gasteiger partial charge in [0.2, 0.25) is 0 Å². The van der Waals surface area contributed by atoms with Crippen LogP contribution in [0.1, 0.15) is 11.1 Å². The van der Waals surface area contributed by atoms with Gasteiger partial charge < -0.3 is 15.1 Å². The molecule has 0 bridgehead atoms. The van der Waals surface area contributed by atoms with Crippen molar-refractivity contribution < 1.29 is 4.79 Å². The van der Waals surface area contributed by atoms with Crippen LogP contribution in [0, 0.1) is 13.8 Å². The summed E-state index contributed by atoms with van der Waals surface area (Å²) in [5.41, 5.74) is 3.17. The fourth-order valence-electron chi connectivity index (χ4n) is 2.71. The van der Waals surface area contributed by atoms with E-state index in [1.807, 2.05) is 36.9 Å². The smallest absolute Gasteiger partial charge is 0.321 e. The van der Waals surface area contributed by atoms with Gasteiger partial charge in [-0.3, -0.25) is 4.90 Å². The maximum Gasteiger partial charge on any atom is 0.321 e. The van der Waals surface area contributed by atoms with Gasteiger partial charge in [0.1, 0.15) is 0 Å². The zero-order valence-electron chi connectivity index (χ0n) is 14.2. The van der Waals surface area contributed by atoms with Gasteiger partial charge in [0.15, 0.2) is 0 Å². The van der Waals surface area contributed by atoms with Gasteiger partial charge >= 0.3 is 6.03 Å². The van der Waals surface area contributed by atoms with E-state index in [0.29, 0.717) is 0 Å². The summed E-state index contributed by atoms with van der Waals surface area (Å²) in [6, 6.07) is 6.10. The molecule has 5 heteroatoms. The predicted molar refractivity (Wildman–Crippen MR) is 91.5 cm³/mol. The number of likely N-dealkylation sites (N-methyl/N-ethyl adjacent to an activating group) is 1. The van der Waals surface area contributed by atoms with Gasteiger partial charge in [-0.1, -0.05) is 18.2 Å². The van der Waals surface area contributed by atoms with Gasteiger partial charge in [-0.2, -0.15) is 0 Å².